The molecule has 0 radical (unpaired) electrons. The van der Waals surface area contributed by atoms with Gasteiger partial charge in [-0.25, -0.2) is 0 Å². The van der Waals surface area contributed by atoms with E-state index < -0.39 is 0 Å². The van der Waals surface area contributed by atoms with Gasteiger partial charge in [-0.15, -0.1) is 0 Å². The highest BCUT2D eigenvalue weighted by Gasteiger charge is 2.16. The van der Waals surface area contributed by atoms with Crippen molar-refractivity contribution in [3.63, 3.8) is 0 Å². The number of nitrogens with two attached hydrogens (primary N) is 1. The van der Waals surface area contributed by atoms with E-state index >= 15 is 0 Å². The van der Waals surface area contributed by atoms with Gasteiger partial charge in [0.2, 0.25) is 0 Å². The monoisotopic (exact) mass is 265 g/mol. The van der Waals surface area contributed by atoms with E-state index in [1.54, 1.807) is 23.9 Å². The molecule has 1 heterocycles. The molecule has 5 heteroatoms. The highest BCUT2D eigenvalue weighted by molar-refractivity contribution is 5.99. The third-order valence-electron chi connectivity index (χ3n) is 3.17. The largest absolute Gasteiger partial charge is 0.347 e. The van der Waals surface area contributed by atoms with Crippen molar-refractivity contribution in [3.8, 4) is 0 Å². The van der Waals surface area contributed by atoms with E-state index in [1.165, 1.54) is 6.92 Å². The van der Waals surface area contributed by atoms with Crippen molar-refractivity contribution in [2.45, 2.75) is 39.2 Å². The van der Waals surface area contributed by atoms with E-state index in [-0.39, 0.29) is 17.7 Å². The first kappa shape index (κ1) is 15.4. The van der Waals surface area contributed by atoms with Crippen LogP contribution in [0.3, 0.4) is 0 Å². The quantitative estimate of drug-likeness (QED) is 0.733. The molecule has 0 spiro atoms. The Hall–Kier alpha value is -1.62. The minimum absolute atomic E-state index is 0.0110. The summed E-state index contributed by atoms with van der Waals surface area (Å²) in [7, 11) is 1.75. The van der Waals surface area contributed by atoms with Crippen molar-refractivity contribution < 1.29 is 9.59 Å². The normalized spacial score (nSPS) is 12.2. The SMILES string of the molecule is CCCCC(CN)NC(=O)c1cc(C(C)=O)cn1C. The van der Waals surface area contributed by atoms with Gasteiger partial charge in [0.15, 0.2) is 5.78 Å². The zero-order valence-electron chi connectivity index (χ0n) is 11.9. The van der Waals surface area contributed by atoms with Crippen LogP contribution in [0.4, 0.5) is 0 Å². The molecule has 1 unspecified atom stereocenters. The molecule has 0 aliphatic heterocycles. The average molecular weight is 265 g/mol. The Labute approximate surface area is 114 Å². The summed E-state index contributed by atoms with van der Waals surface area (Å²) in [4.78, 5) is 23.4. The molecule has 0 aliphatic carbocycles. The second kappa shape index (κ2) is 7.09. The lowest BCUT2D eigenvalue weighted by atomic mass is 10.1. The van der Waals surface area contributed by atoms with Gasteiger partial charge >= 0.3 is 0 Å². The predicted molar refractivity (Wildman–Crippen MR) is 75.3 cm³/mol. The van der Waals surface area contributed by atoms with Crippen LogP contribution >= 0.6 is 0 Å². The molecule has 0 fully saturated rings. The van der Waals surface area contributed by atoms with Crippen LogP contribution in [-0.4, -0.2) is 28.8 Å². The van der Waals surface area contributed by atoms with Gasteiger partial charge in [-0.3, -0.25) is 9.59 Å². The van der Waals surface area contributed by atoms with E-state index in [0.29, 0.717) is 17.8 Å². The molecule has 19 heavy (non-hydrogen) atoms. The van der Waals surface area contributed by atoms with Crippen molar-refractivity contribution in [3.05, 3.63) is 23.5 Å². The Balaban J connectivity index is 2.74. The van der Waals surface area contributed by atoms with Gasteiger partial charge in [-0.05, 0) is 19.4 Å². The summed E-state index contributed by atoms with van der Waals surface area (Å²) in [6, 6.07) is 1.61. The van der Waals surface area contributed by atoms with Crippen LogP contribution in [0, 0.1) is 0 Å². The number of hydrogen-bond donors (Lipinski definition) is 2. The standard InChI is InChI=1S/C14H23N3O2/c1-4-5-6-12(8-15)16-14(19)13-7-11(10(2)18)9-17(13)3/h7,9,12H,4-6,8,15H2,1-3H3,(H,16,19). The number of Topliss-reactive ketones (excluding diaryl/α,β-unsaturated/α-hetero) is 1. The maximum Gasteiger partial charge on any atom is 0.268 e. The molecular formula is C14H23N3O2. The van der Waals surface area contributed by atoms with Crippen LogP contribution in [0.1, 0.15) is 54.0 Å². The average Bonchev–Trinajstić information content (AvgIpc) is 2.76. The summed E-state index contributed by atoms with van der Waals surface area (Å²) in [5.74, 6) is -0.224. The van der Waals surface area contributed by atoms with E-state index in [9.17, 15) is 9.59 Å². The Morgan fingerprint density at radius 3 is 2.63 bits per heavy atom. The van der Waals surface area contributed by atoms with Crippen molar-refractivity contribution in [1.82, 2.24) is 9.88 Å². The lowest BCUT2D eigenvalue weighted by Gasteiger charge is -2.16. The molecule has 0 aliphatic rings. The van der Waals surface area contributed by atoms with Gasteiger partial charge in [0.25, 0.3) is 5.91 Å². The fraction of sp³-hybridized carbons (Fsp3) is 0.571. The fourth-order valence-electron chi connectivity index (χ4n) is 1.94. The van der Waals surface area contributed by atoms with Crippen LogP contribution in [-0.2, 0) is 7.05 Å². The molecule has 3 N–H and O–H groups in total. The summed E-state index contributed by atoms with van der Waals surface area (Å²) in [5.41, 5.74) is 6.69. The van der Waals surface area contributed by atoms with Gasteiger partial charge < -0.3 is 15.6 Å². The summed E-state index contributed by atoms with van der Waals surface area (Å²) >= 11 is 0. The molecular weight excluding hydrogens is 242 g/mol. The zero-order valence-corrected chi connectivity index (χ0v) is 11.9. The fourth-order valence-corrected chi connectivity index (χ4v) is 1.94. The number of nitrogens with zero attached hydrogens (tertiary/aromatic N) is 1. The number of carbonyl (C=O) groups excluding carboxylic acids is 2. The number of rotatable bonds is 7. The number of carbonyl (C=O) groups is 2. The number of nitrogens with one attached hydrogen (secondary N) is 1. The molecule has 1 amide bonds. The summed E-state index contributed by atoms with van der Waals surface area (Å²) in [5, 5.41) is 2.91. The number of amides is 1. The second-order valence-electron chi connectivity index (χ2n) is 4.83. The topological polar surface area (TPSA) is 77.1 Å². The number of unbranched alkanes of at least 4 members (excludes halogenated alkanes) is 1. The first-order chi connectivity index (χ1) is 8.99. The smallest absolute Gasteiger partial charge is 0.268 e. The van der Waals surface area contributed by atoms with Gasteiger partial charge in [0.1, 0.15) is 5.69 Å². The molecule has 0 aromatic carbocycles. The van der Waals surface area contributed by atoms with Crippen molar-refractivity contribution in [1.29, 1.82) is 0 Å². The van der Waals surface area contributed by atoms with E-state index in [2.05, 4.69) is 12.2 Å². The molecule has 1 aromatic rings. The summed E-state index contributed by atoms with van der Waals surface area (Å²) < 4.78 is 1.67. The first-order valence-corrected chi connectivity index (χ1v) is 6.67. The van der Waals surface area contributed by atoms with Crippen molar-refractivity contribution in [2.75, 3.05) is 6.54 Å². The predicted octanol–water partition coefficient (Wildman–Crippen LogP) is 1.47. The van der Waals surface area contributed by atoms with Crippen LogP contribution < -0.4 is 11.1 Å². The third-order valence-corrected chi connectivity index (χ3v) is 3.17. The van der Waals surface area contributed by atoms with Crippen molar-refractivity contribution >= 4 is 11.7 Å². The molecule has 0 saturated heterocycles. The first-order valence-electron chi connectivity index (χ1n) is 6.67. The maximum absolute atomic E-state index is 12.1. The number of hydrogen-bond acceptors (Lipinski definition) is 3. The maximum atomic E-state index is 12.1. The van der Waals surface area contributed by atoms with Gasteiger partial charge in [-0.2, -0.15) is 0 Å². The molecule has 106 valence electrons. The lowest BCUT2D eigenvalue weighted by Crippen LogP contribution is -2.40. The number of aromatic nitrogens is 1. The van der Waals surface area contributed by atoms with Crippen LogP contribution in [0.5, 0.6) is 0 Å². The van der Waals surface area contributed by atoms with Crippen molar-refractivity contribution in [2.24, 2.45) is 12.8 Å². The van der Waals surface area contributed by atoms with Gasteiger partial charge in [-0.1, -0.05) is 19.8 Å². The molecule has 5 nitrogen and oxygen atoms in total. The van der Waals surface area contributed by atoms with E-state index in [4.69, 9.17) is 5.73 Å². The zero-order chi connectivity index (χ0) is 14.4. The number of ketones is 1. The highest BCUT2D eigenvalue weighted by Crippen LogP contribution is 2.09. The minimum atomic E-state index is -0.179. The molecule has 1 rings (SSSR count). The van der Waals surface area contributed by atoms with Crippen LogP contribution in [0.15, 0.2) is 12.3 Å². The number of aryl methyl sites for hydroxylation is 1. The van der Waals surface area contributed by atoms with Gasteiger partial charge in [0, 0.05) is 31.4 Å². The van der Waals surface area contributed by atoms with E-state index in [0.717, 1.165) is 19.3 Å². The Bertz CT molecular complexity index is 452. The molecule has 1 aromatic heterocycles. The minimum Gasteiger partial charge on any atom is -0.347 e. The molecule has 0 saturated carbocycles. The molecule has 0 bridgehead atoms. The third kappa shape index (κ3) is 4.21. The second-order valence-corrected chi connectivity index (χ2v) is 4.83. The van der Waals surface area contributed by atoms with Crippen LogP contribution in [0.25, 0.3) is 0 Å². The molecule has 1 atom stereocenters. The van der Waals surface area contributed by atoms with Gasteiger partial charge in [0.05, 0.1) is 0 Å². The van der Waals surface area contributed by atoms with Crippen LogP contribution in [0.2, 0.25) is 0 Å². The highest BCUT2D eigenvalue weighted by atomic mass is 16.2. The lowest BCUT2D eigenvalue weighted by molar-refractivity contribution is 0.0927. The van der Waals surface area contributed by atoms with E-state index in [1.807, 2.05) is 0 Å². The Kier molecular flexibility index (Phi) is 5.76. The summed E-state index contributed by atoms with van der Waals surface area (Å²) in [6.45, 7) is 4.02. The summed E-state index contributed by atoms with van der Waals surface area (Å²) in [6.07, 6.45) is 4.66. The Morgan fingerprint density at radius 1 is 1.47 bits per heavy atom. The Morgan fingerprint density at radius 2 is 2.16 bits per heavy atom.